The second-order valence-electron chi connectivity index (χ2n) is 9.79. The van der Waals surface area contributed by atoms with Gasteiger partial charge in [0.2, 0.25) is 21.8 Å². The number of benzene rings is 3. The molecule has 0 saturated heterocycles. The van der Waals surface area contributed by atoms with Gasteiger partial charge in [-0.05, 0) is 48.6 Å². The average molecular weight is 550 g/mol. The number of rotatable bonds is 13. The molecule has 1 atom stereocenters. The Labute approximate surface area is 232 Å². The molecular weight excluding hydrogens is 510 g/mol. The van der Waals surface area contributed by atoms with Gasteiger partial charge in [-0.2, -0.15) is 0 Å². The molecule has 208 valence electrons. The monoisotopic (exact) mass is 549 g/mol. The Morgan fingerprint density at radius 3 is 2.15 bits per heavy atom. The Hall–Kier alpha value is -3.65. The van der Waals surface area contributed by atoms with Crippen LogP contribution in [0.5, 0.6) is 0 Å². The van der Waals surface area contributed by atoms with Gasteiger partial charge in [0.05, 0.1) is 11.9 Å². The molecule has 0 fully saturated rings. The van der Waals surface area contributed by atoms with Crippen molar-refractivity contribution < 1.29 is 18.0 Å². The number of hydrogen-bond acceptors (Lipinski definition) is 4. The van der Waals surface area contributed by atoms with Crippen LogP contribution in [-0.2, 0) is 39.0 Å². The normalized spacial score (nSPS) is 12.0. The maximum atomic E-state index is 13.7. The summed E-state index contributed by atoms with van der Waals surface area (Å²) in [6.07, 6.45) is 2.83. The Kier molecular flexibility index (Phi) is 10.7. The lowest BCUT2D eigenvalue weighted by Gasteiger charge is -2.31. The predicted molar refractivity (Wildman–Crippen MR) is 157 cm³/mol. The minimum atomic E-state index is -3.54. The van der Waals surface area contributed by atoms with Crippen LogP contribution in [-0.4, -0.2) is 51.0 Å². The number of aryl methyl sites for hydroxylation is 2. The predicted octanol–water partition coefficient (Wildman–Crippen LogP) is 4.49. The molecule has 8 heteroatoms. The molecule has 39 heavy (non-hydrogen) atoms. The quantitative estimate of drug-likeness (QED) is 0.340. The van der Waals surface area contributed by atoms with E-state index in [1.807, 2.05) is 80.6 Å². The van der Waals surface area contributed by atoms with E-state index in [0.717, 1.165) is 28.7 Å². The number of likely N-dealkylation sites (N-methyl/N-ethyl adjacent to an activating group) is 1. The highest BCUT2D eigenvalue weighted by Gasteiger charge is 2.30. The van der Waals surface area contributed by atoms with Crippen LogP contribution in [0.25, 0.3) is 0 Å². The van der Waals surface area contributed by atoms with Crippen molar-refractivity contribution in [3.8, 4) is 0 Å². The summed E-state index contributed by atoms with van der Waals surface area (Å²) in [4.78, 5) is 28.4. The second-order valence-corrected chi connectivity index (χ2v) is 11.7. The van der Waals surface area contributed by atoms with Crippen molar-refractivity contribution in [3.63, 3.8) is 0 Å². The standard InChI is InChI=1S/C31H39N3O4S/c1-5-25-16-18-28(19-17-25)34(39(4,37)38)20-10-15-30(35)33(23-27-14-9-11-24(2)21-27)29(31(36)32-3)22-26-12-7-6-8-13-26/h6-9,11-14,16-19,21,29H,5,10,15,20,22-23H2,1-4H3,(H,32,36)/t29-/m1/s1. The number of carbonyl (C=O) groups is 2. The van der Waals surface area contributed by atoms with E-state index >= 15 is 0 Å². The molecule has 0 aromatic heterocycles. The van der Waals surface area contributed by atoms with E-state index in [-0.39, 0.29) is 31.3 Å². The largest absolute Gasteiger partial charge is 0.357 e. The van der Waals surface area contributed by atoms with E-state index in [1.54, 1.807) is 24.1 Å². The van der Waals surface area contributed by atoms with Crippen molar-refractivity contribution in [2.45, 2.75) is 52.1 Å². The van der Waals surface area contributed by atoms with Crippen molar-refractivity contribution in [1.82, 2.24) is 10.2 Å². The molecule has 0 heterocycles. The molecule has 0 bridgehead atoms. The van der Waals surface area contributed by atoms with Gasteiger partial charge in [0.1, 0.15) is 6.04 Å². The van der Waals surface area contributed by atoms with Gasteiger partial charge < -0.3 is 10.2 Å². The summed E-state index contributed by atoms with van der Waals surface area (Å²) in [6, 6.07) is 24.2. The second kappa shape index (κ2) is 13.9. The van der Waals surface area contributed by atoms with Crippen LogP contribution >= 0.6 is 0 Å². The fraction of sp³-hybridized carbons (Fsp3) is 0.355. The number of hydrogen-bond donors (Lipinski definition) is 1. The summed E-state index contributed by atoms with van der Waals surface area (Å²) in [5.74, 6) is -0.440. The Balaban J connectivity index is 1.83. The van der Waals surface area contributed by atoms with Crippen LogP contribution in [0.15, 0.2) is 78.9 Å². The zero-order chi connectivity index (χ0) is 28.4. The first-order valence-electron chi connectivity index (χ1n) is 13.3. The SMILES string of the molecule is CCc1ccc(N(CCCC(=O)N(Cc2cccc(C)c2)[C@H](Cc2ccccc2)C(=O)NC)S(C)(=O)=O)cc1. The number of carbonyl (C=O) groups excluding carboxylic acids is 2. The zero-order valence-electron chi connectivity index (χ0n) is 23.3. The van der Waals surface area contributed by atoms with Crippen molar-refractivity contribution in [1.29, 1.82) is 0 Å². The van der Waals surface area contributed by atoms with Crippen LogP contribution in [0.4, 0.5) is 5.69 Å². The zero-order valence-corrected chi connectivity index (χ0v) is 24.1. The van der Waals surface area contributed by atoms with Crippen molar-refractivity contribution in [3.05, 3.63) is 101 Å². The minimum absolute atomic E-state index is 0.104. The molecule has 3 aromatic rings. The van der Waals surface area contributed by atoms with Crippen LogP contribution in [0, 0.1) is 6.92 Å². The Bertz CT molecular complexity index is 1340. The van der Waals surface area contributed by atoms with Crippen LogP contribution in [0.2, 0.25) is 0 Å². The molecular formula is C31H39N3O4S. The highest BCUT2D eigenvalue weighted by molar-refractivity contribution is 7.92. The van der Waals surface area contributed by atoms with Gasteiger partial charge in [-0.1, -0.05) is 79.2 Å². The number of nitrogens with one attached hydrogen (secondary N) is 1. The number of sulfonamides is 1. The Morgan fingerprint density at radius 1 is 0.897 bits per heavy atom. The third kappa shape index (κ3) is 8.68. The van der Waals surface area contributed by atoms with E-state index in [2.05, 4.69) is 5.32 Å². The lowest BCUT2D eigenvalue weighted by molar-refractivity contribution is -0.141. The number of anilines is 1. The first-order valence-corrected chi connectivity index (χ1v) is 15.1. The summed E-state index contributed by atoms with van der Waals surface area (Å²) >= 11 is 0. The van der Waals surface area contributed by atoms with E-state index in [4.69, 9.17) is 0 Å². The fourth-order valence-electron chi connectivity index (χ4n) is 4.63. The molecule has 0 aliphatic carbocycles. The molecule has 7 nitrogen and oxygen atoms in total. The van der Waals surface area contributed by atoms with Crippen molar-refractivity contribution in [2.75, 3.05) is 24.2 Å². The number of amides is 2. The summed E-state index contributed by atoms with van der Waals surface area (Å²) in [7, 11) is -1.97. The molecule has 2 amide bonds. The topological polar surface area (TPSA) is 86.8 Å². The van der Waals surface area contributed by atoms with E-state index in [0.29, 0.717) is 18.5 Å². The number of nitrogens with zero attached hydrogens (tertiary/aromatic N) is 2. The van der Waals surface area contributed by atoms with Crippen LogP contribution < -0.4 is 9.62 Å². The molecule has 1 N–H and O–H groups in total. The van der Waals surface area contributed by atoms with Gasteiger partial charge in [0.15, 0.2) is 0 Å². The van der Waals surface area contributed by atoms with Gasteiger partial charge in [-0.25, -0.2) is 8.42 Å². The van der Waals surface area contributed by atoms with Crippen molar-refractivity contribution >= 4 is 27.5 Å². The maximum Gasteiger partial charge on any atom is 0.242 e. The first kappa shape index (κ1) is 29.9. The van der Waals surface area contributed by atoms with E-state index < -0.39 is 16.1 Å². The molecule has 0 aliphatic rings. The van der Waals surface area contributed by atoms with Gasteiger partial charge in [0.25, 0.3) is 0 Å². The van der Waals surface area contributed by atoms with Crippen LogP contribution in [0.3, 0.4) is 0 Å². The van der Waals surface area contributed by atoms with Gasteiger partial charge in [-0.3, -0.25) is 13.9 Å². The lowest BCUT2D eigenvalue weighted by atomic mass is 10.0. The highest BCUT2D eigenvalue weighted by Crippen LogP contribution is 2.21. The van der Waals surface area contributed by atoms with Gasteiger partial charge in [-0.15, -0.1) is 0 Å². The summed E-state index contributed by atoms with van der Waals surface area (Å²) in [5.41, 5.74) is 4.64. The molecule has 0 aliphatic heterocycles. The van der Waals surface area contributed by atoms with Gasteiger partial charge >= 0.3 is 0 Å². The summed E-state index contributed by atoms with van der Waals surface area (Å²) in [6.45, 7) is 4.47. The molecule has 3 rings (SSSR count). The summed E-state index contributed by atoms with van der Waals surface area (Å²) < 4.78 is 26.5. The molecule has 0 spiro atoms. The fourth-order valence-corrected chi connectivity index (χ4v) is 5.59. The average Bonchev–Trinajstić information content (AvgIpc) is 2.92. The van der Waals surface area contributed by atoms with Crippen LogP contribution in [0.1, 0.15) is 42.0 Å². The third-order valence-corrected chi connectivity index (χ3v) is 7.93. The first-order chi connectivity index (χ1) is 18.6. The molecule has 0 saturated carbocycles. The molecule has 0 unspecified atom stereocenters. The summed E-state index contributed by atoms with van der Waals surface area (Å²) in [5, 5.41) is 2.72. The third-order valence-electron chi connectivity index (χ3n) is 6.74. The lowest BCUT2D eigenvalue weighted by Crippen LogP contribution is -2.49. The van der Waals surface area contributed by atoms with E-state index in [1.165, 1.54) is 10.6 Å². The Morgan fingerprint density at radius 2 is 1.56 bits per heavy atom. The minimum Gasteiger partial charge on any atom is -0.357 e. The molecule has 0 radical (unpaired) electrons. The molecule has 3 aromatic carbocycles. The van der Waals surface area contributed by atoms with Gasteiger partial charge in [0, 0.05) is 33.0 Å². The highest BCUT2D eigenvalue weighted by atomic mass is 32.2. The van der Waals surface area contributed by atoms with E-state index in [9.17, 15) is 18.0 Å². The maximum absolute atomic E-state index is 13.7. The smallest absolute Gasteiger partial charge is 0.242 e. The van der Waals surface area contributed by atoms with Crippen molar-refractivity contribution in [2.24, 2.45) is 0 Å².